The smallest absolute Gasteiger partial charge is 0.239 e. The summed E-state index contributed by atoms with van der Waals surface area (Å²) in [4.78, 5) is 22.8. The van der Waals surface area contributed by atoms with Gasteiger partial charge in [-0.1, -0.05) is 30.3 Å². The summed E-state index contributed by atoms with van der Waals surface area (Å²) in [5.74, 6) is 0.738. The zero-order chi connectivity index (χ0) is 16.5. The van der Waals surface area contributed by atoms with Crippen LogP contribution in [0.15, 0.2) is 36.7 Å². The van der Waals surface area contributed by atoms with Gasteiger partial charge >= 0.3 is 0 Å². The number of nitrogens with zero attached hydrogens (tertiary/aromatic N) is 2. The van der Waals surface area contributed by atoms with E-state index in [1.165, 1.54) is 10.4 Å². The lowest BCUT2D eigenvalue weighted by Gasteiger charge is -2.07. The number of anilines is 1. The summed E-state index contributed by atoms with van der Waals surface area (Å²) in [5.41, 5.74) is 2.32. The second-order valence-corrected chi connectivity index (χ2v) is 7.02. The van der Waals surface area contributed by atoms with Crippen molar-refractivity contribution in [3.05, 3.63) is 42.2 Å². The summed E-state index contributed by atoms with van der Waals surface area (Å²) in [6.45, 7) is 2.32. The van der Waals surface area contributed by atoms with Gasteiger partial charge in [0.25, 0.3) is 0 Å². The zero-order valence-corrected chi connectivity index (χ0v) is 14.2. The fraction of sp³-hybridized carbons (Fsp3) is 0.278. The van der Waals surface area contributed by atoms with Gasteiger partial charge in [-0.2, -0.15) is 0 Å². The van der Waals surface area contributed by atoms with Crippen molar-refractivity contribution >= 4 is 33.3 Å². The molecule has 0 atom stereocenters. The molecule has 0 bridgehead atoms. The molecular formula is C18H18N4OS. The minimum Gasteiger partial charge on any atom is -0.360 e. The maximum absolute atomic E-state index is 11.9. The van der Waals surface area contributed by atoms with Gasteiger partial charge < -0.3 is 10.6 Å². The average molecular weight is 338 g/mol. The number of amides is 1. The second kappa shape index (κ2) is 6.20. The van der Waals surface area contributed by atoms with Crippen LogP contribution in [-0.2, 0) is 4.79 Å². The monoisotopic (exact) mass is 338 g/mol. The van der Waals surface area contributed by atoms with E-state index in [1.807, 2.05) is 18.2 Å². The van der Waals surface area contributed by atoms with Crippen molar-refractivity contribution in [3.63, 3.8) is 0 Å². The summed E-state index contributed by atoms with van der Waals surface area (Å²) in [6, 6.07) is 10.6. The molecule has 4 rings (SSSR count). The fourth-order valence-corrected chi connectivity index (χ4v) is 3.90. The minimum absolute atomic E-state index is 0.0143. The van der Waals surface area contributed by atoms with E-state index in [4.69, 9.17) is 0 Å². The van der Waals surface area contributed by atoms with Crippen molar-refractivity contribution in [3.8, 4) is 10.4 Å². The van der Waals surface area contributed by atoms with Crippen molar-refractivity contribution in [1.29, 1.82) is 0 Å². The molecule has 0 aliphatic heterocycles. The maximum atomic E-state index is 11.9. The Kier molecular flexibility index (Phi) is 3.90. The van der Waals surface area contributed by atoms with Crippen molar-refractivity contribution < 1.29 is 4.79 Å². The van der Waals surface area contributed by atoms with Crippen molar-refractivity contribution in [1.82, 2.24) is 15.3 Å². The predicted molar refractivity (Wildman–Crippen MR) is 97.2 cm³/mol. The topological polar surface area (TPSA) is 66.9 Å². The number of hydrogen-bond acceptors (Lipinski definition) is 5. The summed E-state index contributed by atoms with van der Waals surface area (Å²) >= 11 is 1.65. The zero-order valence-electron chi connectivity index (χ0n) is 13.4. The number of carbonyl (C=O) groups is 1. The van der Waals surface area contributed by atoms with Gasteiger partial charge in [0.05, 0.1) is 11.9 Å². The van der Waals surface area contributed by atoms with E-state index in [0.29, 0.717) is 6.04 Å². The molecule has 24 heavy (non-hydrogen) atoms. The lowest BCUT2D eigenvalue weighted by Crippen LogP contribution is -2.31. The van der Waals surface area contributed by atoms with Gasteiger partial charge in [-0.25, -0.2) is 9.97 Å². The van der Waals surface area contributed by atoms with Crippen LogP contribution in [0.2, 0.25) is 0 Å². The van der Waals surface area contributed by atoms with E-state index in [0.717, 1.165) is 34.4 Å². The number of rotatable bonds is 5. The summed E-state index contributed by atoms with van der Waals surface area (Å²) < 4.78 is 0. The Morgan fingerprint density at radius 3 is 2.79 bits per heavy atom. The van der Waals surface area contributed by atoms with E-state index in [9.17, 15) is 4.79 Å². The molecule has 2 heterocycles. The van der Waals surface area contributed by atoms with Crippen LogP contribution in [0.3, 0.4) is 0 Å². The minimum atomic E-state index is 0.0143. The Hall–Kier alpha value is -2.47. The number of thiophene rings is 1. The highest BCUT2D eigenvalue weighted by Gasteiger charge is 2.23. The van der Waals surface area contributed by atoms with Gasteiger partial charge in [0, 0.05) is 10.9 Å². The number of aryl methyl sites for hydroxylation is 1. The Balaban J connectivity index is 1.64. The van der Waals surface area contributed by atoms with Gasteiger partial charge in [-0.05, 0) is 30.9 Å². The first-order chi connectivity index (χ1) is 11.7. The first-order valence-corrected chi connectivity index (χ1v) is 8.87. The van der Waals surface area contributed by atoms with Crippen LogP contribution in [0.1, 0.15) is 18.4 Å². The first-order valence-electron chi connectivity index (χ1n) is 8.05. The molecule has 1 saturated carbocycles. The van der Waals surface area contributed by atoms with Crippen LogP contribution in [0, 0.1) is 6.92 Å². The van der Waals surface area contributed by atoms with E-state index in [1.54, 1.807) is 17.7 Å². The summed E-state index contributed by atoms with van der Waals surface area (Å²) in [6.07, 6.45) is 3.73. The average Bonchev–Trinajstić information content (AvgIpc) is 3.35. The van der Waals surface area contributed by atoms with Gasteiger partial charge in [0.2, 0.25) is 5.91 Å². The van der Waals surface area contributed by atoms with Crippen molar-refractivity contribution in [2.45, 2.75) is 25.8 Å². The molecule has 2 aromatic heterocycles. The molecule has 2 N–H and O–H groups in total. The number of benzene rings is 1. The molecule has 122 valence electrons. The predicted octanol–water partition coefficient (Wildman–Crippen LogP) is 3.36. The second-order valence-electron chi connectivity index (χ2n) is 6.02. The van der Waals surface area contributed by atoms with Crippen LogP contribution >= 0.6 is 11.3 Å². The first kappa shape index (κ1) is 15.1. The van der Waals surface area contributed by atoms with E-state index in [2.05, 4.69) is 39.7 Å². The highest BCUT2D eigenvalue weighted by molar-refractivity contribution is 7.22. The van der Waals surface area contributed by atoms with Gasteiger partial charge in [-0.15, -0.1) is 11.3 Å². The number of hydrogen-bond donors (Lipinski definition) is 2. The van der Waals surface area contributed by atoms with Crippen LogP contribution in [0.4, 0.5) is 5.82 Å². The Labute approximate surface area is 144 Å². The quantitative estimate of drug-likeness (QED) is 0.748. The third-order valence-electron chi connectivity index (χ3n) is 4.12. The van der Waals surface area contributed by atoms with Crippen LogP contribution in [-0.4, -0.2) is 28.5 Å². The highest BCUT2D eigenvalue weighted by atomic mass is 32.1. The van der Waals surface area contributed by atoms with Gasteiger partial charge in [-0.3, -0.25) is 4.79 Å². The largest absolute Gasteiger partial charge is 0.360 e. The van der Waals surface area contributed by atoms with E-state index in [-0.39, 0.29) is 12.5 Å². The Bertz CT molecular complexity index is 887. The lowest BCUT2D eigenvalue weighted by atomic mass is 10.1. The van der Waals surface area contributed by atoms with E-state index >= 15 is 0 Å². The lowest BCUT2D eigenvalue weighted by molar-refractivity contribution is -0.119. The normalized spacial score (nSPS) is 13.9. The third kappa shape index (κ3) is 2.97. The Morgan fingerprint density at radius 2 is 2.04 bits per heavy atom. The van der Waals surface area contributed by atoms with Crippen LogP contribution < -0.4 is 10.6 Å². The molecule has 0 unspecified atom stereocenters. The highest BCUT2D eigenvalue weighted by Crippen LogP contribution is 2.39. The SMILES string of the molecule is Cc1c(-c2ccccc2)sc2ncnc(NCC(=O)NC3CC3)c12. The fourth-order valence-electron chi connectivity index (χ4n) is 2.74. The molecule has 0 saturated heterocycles. The molecule has 1 aliphatic carbocycles. The molecule has 0 radical (unpaired) electrons. The standard InChI is InChI=1S/C18H18N4OS/c1-11-15-17(19-9-14(23)22-13-7-8-13)20-10-21-18(15)24-16(11)12-5-3-2-4-6-12/h2-6,10,13H,7-9H2,1H3,(H,22,23)(H,19,20,21). The molecule has 3 aromatic rings. The molecule has 5 nitrogen and oxygen atoms in total. The van der Waals surface area contributed by atoms with Crippen LogP contribution in [0.5, 0.6) is 0 Å². The number of nitrogens with one attached hydrogen (secondary N) is 2. The molecule has 1 aromatic carbocycles. The number of fused-ring (bicyclic) bond motifs is 1. The summed E-state index contributed by atoms with van der Waals surface area (Å²) in [7, 11) is 0. The van der Waals surface area contributed by atoms with E-state index < -0.39 is 0 Å². The molecule has 1 amide bonds. The number of aromatic nitrogens is 2. The molecule has 1 fully saturated rings. The molecule has 1 aliphatic rings. The van der Waals surface area contributed by atoms with Crippen molar-refractivity contribution in [2.24, 2.45) is 0 Å². The Morgan fingerprint density at radius 1 is 1.25 bits per heavy atom. The van der Waals surface area contributed by atoms with Gasteiger partial charge in [0.1, 0.15) is 17.0 Å². The molecule has 6 heteroatoms. The summed E-state index contributed by atoms with van der Waals surface area (Å²) in [5, 5.41) is 7.15. The van der Waals surface area contributed by atoms with Crippen molar-refractivity contribution in [2.75, 3.05) is 11.9 Å². The molecule has 0 spiro atoms. The van der Waals surface area contributed by atoms with Crippen LogP contribution in [0.25, 0.3) is 20.7 Å². The maximum Gasteiger partial charge on any atom is 0.239 e. The third-order valence-corrected chi connectivity index (χ3v) is 5.37. The number of carbonyl (C=O) groups excluding carboxylic acids is 1. The molecular weight excluding hydrogens is 320 g/mol. The van der Waals surface area contributed by atoms with Gasteiger partial charge in [0.15, 0.2) is 0 Å².